The number of nitrogens with one attached hydrogen (secondary N) is 1. The zero-order chi connectivity index (χ0) is 10.6. The maximum absolute atomic E-state index is 12.0. The number of halogens is 2. The average molecular weight is 206 g/mol. The molecule has 1 rings (SSSR count). The minimum atomic E-state index is -2.44. The zero-order valence-electron chi connectivity index (χ0n) is 8.30. The number of hydrogen-bond acceptors (Lipinski definition) is 2. The summed E-state index contributed by atoms with van der Waals surface area (Å²) in [6.45, 7) is 1.07. The van der Waals surface area contributed by atoms with Gasteiger partial charge in [-0.25, -0.2) is 8.78 Å². The Morgan fingerprint density at radius 2 is 2.36 bits per heavy atom. The van der Waals surface area contributed by atoms with Crippen LogP contribution < -0.4 is 5.32 Å². The molecule has 1 aliphatic heterocycles. The summed E-state index contributed by atoms with van der Waals surface area (Å²) >= 11 is 0. The van der Waals surface area contributed by atoms with Crippen LogP contribution in [0.1, 0.15) is 12.8 Å². The summed E-state index contributed by atoms with van der Waals surface area (Å²) < 4.78 is 24.0. The third kappa shape index (κ3) is 3.21. The normalized spacial score (nSPS) is 22.4. The van der Waals surface area contributed by atoms with Gasteiger partial charge in [-0.1, -0.05) is 0 Å². The van der Waals surface area contributed by atoms with Crippen molar-refractivity contribution < 1.29 is 13.6 Å². The van der Waals surface area contributed by atoms with Crippen molar-refractivity contribution in [2.24, 2.45) is 5.92 Å². The van der Waals surface area contributed by atoms with Crippen LogP contribution in [0.2, 0.25) is 0 Å². The molecule has 1 fully saturated rings. The van der Waals surface area contributed by atoms with E-state index < -0.39 is 13.0 Å². The van der Waals surface area contributed by atoms with Crippen molar-refractivity contribution in [2.45, 2.75) is 19.3 Å². The van der Waals surface area contributed by atoms with Gasteiger partial charge in [0, 0.05) is 13.6 Å². The molecule has 0 aromatic rings. The Bertz CT molecular complexity index is 193. The first-order valence-electron chi connectivity index (χ1n) is 4.85. The van der Waals surface area contributed by atoms with Crippen molar-refractivity contribution in [2.75, 3.05) is 26.7 Å². The lowest BCUT2D eigenvalue weighted by Gasteiger charge is -2.26. The van der Waals surface area contributed by atoms with Gasteiger partial charge >= 0.3 is 0 Å². The number of carbonyl (C=O) groups is 1. The lowest BCUT2D eigenvalue weighted by Crippen LogP contribution is -2.42. The van der Waals surface area contributed by atoms with Gasteiger partial charge < -0.3 is 10.2 Å². The van der Waals surface area contributed by atoms with E-state index >= 15 is 0 Å². The maximum Gasteiger partial charge on any atom is 0.255 e. The summed E-state index contributed by atoms with van der Waals surface area (Å²) in [5, 5.41) is 3.09. The molecule has 5 heteroatoms. The quantitative estimate of drug-likeness (QED) is 0.737. The average Bonchev–Trinajstić information content (AvgIpc) is 2.17. The summed E-state index contributed by atoms with van der Waals surface area (Å²) in [6.07, 6.45) is -0.696. The molecular weight excluding hydrogens is 190 g/mol. The van der Waals surface area contributed by atoms with Crippen LogP contribution in [0.25, 0.3) is 0 Å². The second-order valence-electron chi connectivity index (χ2n) is 3.65. The molecule has 1 N–H and O–H groups in total. The lowest BCUT2D eigenvalue weighted by molar-refractivity contribution is -0.136. The van der Waals surface area contributed by atoms with Crippen LogP contribution in [0.3, 0.4) is 0 Å². The van der Waals surface area contributed by atoms with Gasteiger partial charge in [0.2, 0.25) is 5.91 Å². The number of rotatable bonds is 3. The highest BCUT2D eigenvalue weighted by molar-refractivity contribution is 5.78. The highest BCUT2D eigenvalue weighted by Gasteiger charge is 2.25. The third-order valence-corrected chi connectivity index (χ3v) is 2.43. The first-order chi connectivity index (χ1) is 6.61. The van der Waals surface area contributed by atoms with Crippen LogP contribution in [0.5, 0.6) is 0 Å². The van der Waals surface area contributed by atoms with Crippen LogP contribution in [-0.4, -0.2) is 43.9 Å². The summed E-state index contributed by atoms with van der Waals surface area (Å²) in [7, 11) is 1.43. The molecule has 1 aliphatic rings. The Kier molecular flexibility index (Phi) is 4.25. The second-order valence-corrected chi connectivity index (χ2v) is 3.65. The molecule has 0 bridgehead atoms. The first-order valence-corrected chi connectivity index (χ1v) is 4.85. The molecule has 14 heavy (non-hydrogen) atoms. The predicted octanol–water partition coefficient (Wildman–Crippen LogP) is 0.709. The molecule has 1 atom stereocenters. The van der Waals surface area contributed by atoms with Crippen LogP contribution in [0, 0.1) is 5.92 Å². The van der Waals surface area contributed by atoms with Gasteiger partial charge in [-0.05, 0) is 19.4 Å². The van der Waals surface area contributed by atoms with Crippen LogP contribution >= 0.6 is 0 Å². The predicted molar refractivity (Wildman–Crippen MR) is 49.2 cm³/mol. The summed E-state index contributed by atoms with van der Waals surface area (Å²) in [4.78, 5) is 12.7. The number of nitrogens with zero attached hydrogens (tertiary/aromatic N) is 1. The van der Waals surface area contributed by atoms with Gasteiger partial charge in [-0.3, -0.25) is 4.79 Å². The summed E-state index contributed by atoms with van der Waals surface area (Å²) in [5.41, 5.74) is 0. The van der Waals surface area contributed by atoms with Crippen molar-refractivity contribution in [3.8, 4) is 0 Å². The van der Waals surface area contributed by atoms with Gasteiger partial charge in [0.15, 0.2) is 0 Å². The van der Waals surface area contributed by atoms with Gasteiger partial charge in [0.1, 0.15) is 0 Å². The molecule has 0 saturated carbocycles. The third-order valence-electron chi connectivity index (χ3n) is 2.43. The summed E-state index contributed by atoms with van der Waals surface area (Å²) in [5.74, 6) is -0.287. The van der Waals surface area contributed by atoms with E-state index in [0.29, 0.717) is 6.54 Å². The Balaban J connectivity index is 2.38. The topological polar surface area (TPSA) is 32.3 Å². The van der Waals surface area contributed by atoms with E-state index in [1.54, 1.807) is 0 Å². The largest absolute Gasteiger partial charge is 0.340 e. The van der Waals surface area contributed by atoms with Crippen LogP contribution in [-0.2, 0) is 4.79 Å². The summed E-state index contributed by atoms with van der Waals surface area (Å²) in [6, 6.07) is 0. The van der Waals surface area contributed by atoms with E-state index in [-0.39, 0.29) is 11.8 Å². The maximum atomic E-state index is 12.0. The second kappa shape index (κ2) is 5.24. The Morgan fingerprint density at radius 1 is 1.64 bits per heavy atom. The van der Waals surface area contributed by atoms with Crippen molar-refractivity contribution in [3.63, 3.8) is 0 Å². The molecule has 0 aromatic heterocycles. The number of carbonyl (C=O) groups excluding carboxylic acids is 1. The van der Waals surface area contributed by atoms with Crippen molar-refractivity contribution in [1.29, 1.82) is 0 Å². The number of amides is 1. The molecule has 1 saturated heterocycles. The van der Waals surface area contributed by atoms with Crippen LogP contribution in [0.4, 0.5) is 8.78 Å². The molecule has 0 radical (unpaired) electrons. The minimum Gasteiger partial charge on any atom is -0.340 e. The van der Waals surface area contributed by atoms with Crippen LogP contribution in [0.15, 0.2) is 0 Å². The Labute approximate surface area is 82.5 Å². The van der Waals surface area contributed by atoms with E-state index in [0.717, 1.165) is 24.3 Å². The molecule has 1 amide bonds. The highest BCUT2D eigenvalue weighted by Crippen LogP contribution is 2.13. The highest BCUT2D eigenvalue weighted by atomic mass is 19.3. The molecule has 0 unspecified atom stereocenters. The molecule has 0 spiro atoms. The fourth-order valence-corrected chi connectivity index (χ4v) is 1.67. The molecule has 0 aromatic carbocycles. The fraction of sp³-hybridized carbons (Fsp3) is 0.889. The Hall–Kier alpha value is -0.710. The monoisotopic (exact) mass is 206 g/mol. The Morgan fingerprint density at radius 3 is 2.86 bits per heavy atom. The van der Waals surface area contributed by atoms with E-state index in [2.05, 4.69) is 5.32 Å². The molecular formula is C9H16F2N2O. The molecule has 82 valence electrons. The van der Waals surface area contributed by atoms with Gasteiger partial charge in [0.25, 0.3) is 6.43 Å². The number of hydrogen-bond donors (Lipinski definition) is 1. The first kappa shape index (κ1) is 11.4. The molecule has 0 aliphatic carbocycles. The van der Waals surface area contributed by atoms with Crippen molar-refractivity contribution in [1.82, 2.24) is 10.2 Å². The van der Waals surface area contributed by atoms with Crippen molar-refractivity contribution in [3.05, 3.63) is 0 Å². The van der Waals surface area contributed by atoms with E-state index in [1.807, 2.05) is 0 Å². The zero-order valence-corrected chi connectivity index (χ0v) is 8.30. The fourth-order valence-electron chi connectivity index (χ4n) is 1.67. The smallest absolute Gasteiger partial charge is 0.255 e. The lowest BCUT2D eigenvalue weighted by atomic mass is 9.98. The van der Waals surface area contributed by atoms with Crippen molar-refractivity contribution >= 4 is 5.91 Å². The number of alkyl halides is 2. The van der Waals surface area contributed by atoms with E-state index in [9.17, 15) is 13.6 Å². The van der Waals surface area contributed by atoms with E-state index in [1.165, 1.54) is 7.05 Å². The number of piperidine rings is 1. The standard InChI is InChI=1S/C9H16F2N2O/c1-13(6-8(10)11)9(14)7-3-2-4-12-5-7/h7-8,12H,2-6H2,1H3/t7-/m0/s1. The van der Waals surface area contributed by atoms with Gasteiger partial charge in [0.05, 0.1) is 12.5 Å². The molecule has 1 heterocycles. The SMILES string of the molecule is CN(CC(F)F)C(=O)[C@H]1CCCNC1. The van der Waals surface area contributed by atoms with Gasteiger partial charge in [-0.2, -0.15) is 0 Å². The van der Waals surface area contributed by atoms with E-state index in [4.69, 9.17) is 0 Å². The minimum absolute atomic E-state index is 0.118. The van der Waals surface area contributed by atoms with Gasteiger partial charge in [-0.15, -0.1) is 0 Å². The molecule has 3 nitrogen and oxygen atoms in total.